The maximum atomic E-state index is 12.4. The number of non-ortho nitro benzene ring substituents is 1. The fraction of sp³-hybridized carbons (Fsp3) is 0.538. The average Bonchev–Trinajstić information content (AvgIpc) is 2.36. The first kappa shape index (κ1) is 18.8. The maximum absolute atomic E-state index is 12.4. The SMILES string of the molecule is Cc1cc([N+](=O)[O-])cc(S(=O)(=O)NCC2(N)CCC2)c1C.Cl. The third-order valence-corrected chi connectivity index (χ3v) is 5.60. The van der Waals surface area contributed by atoms with Crippen LogP contribution in [0.1, 0.15) is 30.4 Å². The summed E-state index contributed by atoms with van der Waals surface area (Å²) in [5.74, 6) is 0. The van der Waals surface area contributed by atoms with Crippen LogP contribution in [0.2, 0.25) is 0 Å². The van der Waals surface area contributed by atoms with Gasteiger partial charge < -0.3 is 5.73 Å². The standard InChI is InChI=1S/C13H19N3O4S.ClH/c1-9-6-11(16(17)18)7-12(10(9)2)21(19,20)15-8-13(14)4-3-5-13;/h6-7,15H,3-5,8,14H2,1-2H3;1H. The second-order valence-corrected chi connectivity index (χ2v) is 7.42. The molecule has 0 spiro atoms. The van der Waals surface area contributed by atoms with E-state index in [0.717, 1.165) is 25.3 Å². The summed E-state index contributed by atoms with van der Waals surface area (Å²) >= 11 is 0. The van der Waals surface area contributed by atoms with Crippen LogP contribution in [0.5, 0.6) is 0 Å². The van der Waals surface area contributed by atoms with E-state index in [1.165, 1.54) is 6.07 Å². The molecule has 1 aromatic carbocycles. The molecule has 0 aliphatic heterocycles. The number of hydrogen-bond donors (Lipinski definition) is 2. The molecule has 0 unspecified atom stereocenters. The number of sulfonamides is 1. The molecule has 0 saturated heterocycles. The van der Waals surface area contributed by atoms with Crippen molar-refractivity contribution in [2.24, 2.45) is 5.73 Å². The highest BCUT2D eigenvalue weighted by Gasteiger charge is 2.34. The molecule has 9 heteroatoms. The minimum Gasteiger partial charge on any atom is -0.324 e. The van der Waals surface area contributed by atoms with E-state index in [9.17, 15) is 18.5 Å². The smallest absolute Gasteiger partial charge is 0.271 e. The molecule has 1 saturated carbocycles. The van der Waals surface area contributed by atoms with Crippen LogP contribution >= 0.6 is 12.4 Å². The monoisotopic (exact) mass is 349 g/mol. The summed E-state index contributed by atoms with van der Waals surface area (Å²) in [6, 6.07) is 2.46. The molecule has 0 aromatic heterocycles. The van der Waals surface area contributed by atoms with Crippen LogP contribution in [0.25, 0.3) is 0 Å². The average molecular weight is 350 g/mol. The Labute approximate surface area is 135 Å². The molecular formula is C13H20ClN3O4S. The fourth-order valence-corrected chi connectivity index (χ4v) is 3.79. The highest BCUT2D eigenvalue weighted by molar-refractivity contribution is 7.89. The molecule has 1 fully saturated rings. The van der Waals surface area contributed by atoms with Crippen molar-refractivity contribution in [3.05, 3.63) is 33.4 Å². The van der Waals surface area contributed by atoms with Gasteiger partial charge in [-0.2, -0.15) is 0 Å². The molecule has 124 valence electrons. The van der Waals surface area contributed by atoms with E-state index in [0.29, 0.717) is 11.1 Å². The quantitative estimate of drug-likeness (QED) is 0.621. The lowest BCUT2D eigenvalue weighted by atomic mass is 9.78. The van der Waals surface area contributed by atoms with Crippen molar-refractivity contribution in [1.29, 1.82) is 0 Å². The van der Waals surface area contributed by atoms with E-state index in [-0.39, 0.29) is 29.5 Å². The van der Waals surface area contributed by atoms with E-state index in [1.807, 2.05) is 0 Å². The number of hydrogen-bond acceptors (Lipinski definition) is 5. The zero-order chi connectivity index (χ0) is 15.8. The third kappa shape index (κ3) is 3.75. The number of nitrogens with two attached hydrogens (primary N) is 1. The fourth-order valence-electron chi connectivity index (χ4n) is 2.32. The molecule has 0 radical (unpaired) electrons. The zero-order valence-electron chi connectivity index (χ0n) is 12.5. The van der Waals surface area contributed by atoms with Gasteiger partial charge in [0.15, 0.2) is 0 Å². The molecule has 7 nitrogen and oxygen atoms in total. The topological polar surface area (TPSA) is 115 Å². The van der Waals surface area contributed by atoms with Gasteiger partial charge in [-0.05, 0) is 44.2 Å². The second-order valence-electron chi connectivity index (χ2n) is 5.68. The van der Waals surface area contributed by atoms with Crippen molar-refractivity contribution in [2.75, 3.05) is 6.54 Å². The Morgan fingerprint density at radius 3 is 2.41 bits per heavy atom. The summed E-state index contributed by atoms with van der Waals surface area (Å²) in [6.07, 6.45) is 2.55. The van der Waals surface area contributed by atoms with Gasteiger partial charge in [-0.1, -0.05) is 0 Å². The van der Waals surface area contributed by atoms with Crippen LogP contribution in [-0.4, -0.2) is 25.4 Å². The lowest BCUT2D eigenvalue weighted by Crippen LogP contribution is -2.54. The molecule has 3 N–H and O–H groups in total. The zero-order valence-corrected chi connectivity index (χ0v) is 14.1. The summed E-state index contributed by atoms with van der Waals surface area (Å²) < 4.78 is 27.2. The number of halogens is 1. The molecule has 1 aromatic rings. The van der Waals surface area contributed by atoms with Crippen LogP contribution in [0.4, 0.5) is 5.69 Å². The second kappa shape index (κ2) is 6.49. The number of benzene rings is 1. The van der Waals surface area contributed by atoms with Crippen LogP contribution in [0.15, 0.2) is 17.0 Å². The van der Waals surface area contributed by atoms with Gasteiger partial charge in [0.25, 0.3) is 5.69 Å². The Hall–Kier alpha value is -1.22. The van der Waals surface area contributed by atoms with Crippen LogP contribution in [0.3, 0.4) is 0 Å². The van der Waals surface area contributed by atoms with Gasteiger partial charge in [-0.25, -0.2) is 13.1 Å². The number of nitro benzene ring substituents is 1. The van der Waals surface area contributed by atoms with E-state index < -0.39 is 20.5 Å². The molecule has 2 rings (SSSR count). The van der Waals surface area contributed by atoms with Crippen molar-refractivity contribution in [1.82, 2.24) is 4.72 Å². The Morgan fingerprint density at radius 2 is 1.95 bits per heavy atom. The van der Waals surface area contributed by atoms with Gasteiger partial charge in [0, 0.05) is 24.2 Å². The van der Waals surface area contributed by atoms with Gasteiger partial charge >= 0.3 is 0 Å². The number of nitrogens with zero attached hydrogens (tertiary/aromatic N) is 1. The predicted molar refractivity (Wildman–Crippen MR) is 85.8 cm³/mol. The molecule has 0 bridgehead atoms. The first-order valence-electron chi connectivity index (χ1n) is 6.69. The highest BCUT2D eigenvalue weighted by atomic mass is 35.5. The maximum Gasteiger partial charge on any atom is 0.271 e. The number of aryl methyl sites for hydroxylation is 1. The molecule has 1 aliphatic carbocycles. The van der Waals surface area contributed by atoms with E-state index >= 15 is 0 Å². The van der Waals surface area contributed by atoms with Crippen molar-refractivity contribution in [3.63, 3.8) is 0 Å². The van der Waals surface area contributed by atoms with Crippen molar-refractivity contribution in [2.45, 2.75) is 43.5 Å². The molecular weight excluding hydrogens is 330 g/mol. The third-order valence-electron chi connectivity index (χ3n) is 4.07. The summed E-state index contributed by atoms with van der Waals surface area (Å²) in [7, 11) is -3.81. The normalized spacial score (nSPS) is 16.5. The largest absolute Gasteiger partial charge is 0.324 e. The first-order chi connectivity index (χ1) is 9.65. The molecule has 0 atom stereocenters. The molecule has 0 amide bonds. The predicted octanol–water partition coefficient (Wildman–Crippen LogP) is 1.79. The van der Waals surface area contributed by atoms with Crippen LogP contribution in [0, 0.1) is 24.0 Å². The molecule has 22 heavy (non-hydrogen) atoms. The lowest BCUT2D eigenvalue weighted by Gasteiger charge is -2.38. The van der Waals surface area contributed by atoms with Gasteiger partial charge in [0.2, 0.25) is 10.0 Å². The van der Waals surface area contributed by atoms with E-state index in [4.69, 9.17) is 5.73 Å². The first-order valence-corrected chi connectivity index (χ1v) is 8.17. The van der Waals surface area contributed by atoms with Crippen molar-refractivity contribution < 1.29 is 13.3 Å². The van der Waals surface area contributed by atoms with Crippen molar-refractivity contribution >= 4 is 28.1 Å². The van der Waals surface area contributed by atoms with Gasteiger partial charge in [0.1, 0.15) is 0 Å². The number of rotatable bonds is 5. The minimum absolute atomic E-state index is 0. The van der Waals surface area contributed by atoms with Gasteiger partial charge in [-0.15, -0.1) is 12.4 Å². The summed E-state index contributed by atoms with van der Waals surface area (Å²) in [5.41, 5.74) is 6.35. The van der Waals surface area contributed by atoms with Gasteiger partial charge in [-0.3, -0.25) is 10.1 Å². The lowest BCUT2D eigenvalue weighted by molar-refractivity contribution is -0.385. The number of nitro groups is 1. The Balaban J connectivity index is 0.00000242. The minimum atomic E-state index is -3.81. The molecule has 0 heterocycles. The van der Waals surface area contributed by atoms with Crippen LogP contribution < -0.4 is 10.5 Å². The highest BCUT2D eigenvalue weighted by Crippen LogP contribution is 2.29. The van der Waals surface area contributed by atoms with E-state index in [2.05, 4.69) is 4.72 Å². The summed E-state index contributed by atoms with van der Waals surface area (Å²) in [4.78, 5) is 10.2. The summed E-state index contributed by atoms with van der Waals surface area (Å²) in [6.45, 7) is 3.43. The molecule has 1 aliphatic rings. The Kier molecular flexibility index (Phi) is 5.56. The Morgan fingerprint density at radius 1 is 1.36 bits per heavy atom. The van der Waals surface area contributed by atoms with Gasteiger partial charge in [0.05, 0.1) is 9.82 Å². The van der Waals surface area contributed by atoms with Crippen molar-refractivity contribution in [3.8, 4) is 0 Å². The van der Waals surface area contributed by atoms with Crippen LogP contribution in [-0.2, 0) is 10.0 Å². The number of nitrogens with one attached hydrogen (secondary N) is 1. The Bertz CT molecular complexity index is 687. The van der Waals surface area contributed by atoms with E-state index in [1.54, 1.807) is 13.8 Å². The summed E-state index contributed by atoms with van der Waals surface area (Å²) in [5, 5.41) is 10.9.